The van der Waals surface area contributed by atoms with Gasteiger partial charge in [-0.3, -0.25) is 14.6 Å². The van der Waals surface area contributed by atoms with Gasteiger partial charge in [-0.2, -0.15) is 17.6 Å². The molecule has 13 heteroatoms. The van der Waals surface area contributed by atoms with Crippen molar-refractivity contribution in [3.63, 3.8) is 0 Å². The Bertz CT molecular complexity index is 1130. The van der Waals surface area contributed by atoms with Crippen molar-refractivity contribution in [1.29, 1.82) is 0 Å². The van der Waals surface area contributed by atoms with Crippen LogP contribution < -0.4 is 20.7 Å². The summed E-state index contributed by atoms with van der Waals surface area (Å²) in [6, 6.07) is 1.38. The fourth-order valence-corrected chi connectivity index (χ4v) is 3.78. The number of aryl methyl sites for hydroxylation is 1. The number of ether oxygens (including phenoxy) is 2. The average Bonchev–Trinajstić information content (AvgIpc) is 3.18. The number of halogens is 5. The molecule has 1 saturated heterocycles. The van der Waals surface area contributed by atoms with E-state index in [9.17, 15) is 31.5 Å². The maximum atomic E-state index is 14.3. The van der Waals surface area contributed by atoms with E-state index in [0.717, 1.165) is 25.2 Å². The van der Waals surface area contributed by atoms with Crippen LogP contribution in [0.25, 0.3) is 0 Å². The molecule has 1 fully saturated rings. The van der Waals surface area contributed by atoms with E-state index in [0.29, 0.717) is 11.6 Å². The van der Waals surface area contributed by atoms with Gasteiger partial charge in [0.1, 0.15) is 11.7 Å². The minimum Gasteiger partial charge on any atom is -0.491 e. The Balaban J connectivity index is 2.08. The van der Waals surface area contributed by atoms with E-state index >= 15 is 0 Å². The van der Waals surface area contributed by atoms with Gasteiger partial charge in [0.2, 0.25) is 11.7 Å². The molecule has 0 radical (unpaired) electrons. The molecule has 3 rings (SSSR count). The molecule has 1 aromatic carbocycles. The van der Waals surface area contributed by atoms with Crippen molar-refractivity contribution in [2.24, 2.45) is 5.73 Å². The summed E-state index contributed by atoms with van der Waals surface area (Å²) in [5.74, 6) is -5.15. The molecule has 0 saturated carbocycles. The van der Waals surface area contributed by atoms with E-state index in [1.165, 1.54) is 12.3 Å². The molecule has 0 bridgehead atoms. The first-order chi connectivity index (χ1) is 15.8. The first-order valence-corrected chi connectivity index (χ1v) is 9.83. The molecule has 1 aliphatic rings. The lowest BCUT2D eigenvalue weighted by Crippen LogP contribution is -2.49. The number of nitrogens with two attached hydrogens (primary N) is 1. The zero-order chi connectivity index (χ0) is 25.4. The summed E-state index contributed by atoms with van der Waals surface area (Å²) in [7, 11) is 1.87. The lowest BCUT2D eigenvalue weighted by Gasteiger charge is -2.31. The number of pyridine rings is 1. The van der Waals surface area contributed by atoms with Gasteiger partial charge in [-0.1, -0.05) is 0 Å². The second-order valence-corrected chi connectivity index (χ2v) is 7.70. The van der Waals surface area contributed by atoms with Crippen molar-refractivity contribution in [3.05, 3.63) is 47.3 Å². The fraction of sp³-hybridized carbons (Fsp3) is 0.381. The smallest absolute Gasteiger partial charge is 0.419 e. The van der Waals surface area contributed by atoms with Gasteiger partial charge in [-0.25, -0.2) is 4.39 Å². The van der Waals surface area contributed by atoms with Gasteiger partial charge in [-0.15, -0.1) is 0 Å². The topological polar surface area (TPSA) is 107 Å². The molecule has 2 atom stereocenters. The monoisotopic (exact) mass is 488 g/mol. The summed E-state index contributed by atoms with van der Waals surface area (Å²) < 4.78 is 79.8. The van der Waals surface area contributed by atoms with E-state index in [-0.39, 0.29) is 17.1 Å². The zero-order valence-corrected chi connectivity index (χ0v) is 18.3. The summed E-state index contributed by atoms with van der Waals surface area (Å²) >= 11 is 0. The van der Waals surface area contributed by atoms with Crippen molar-refractivity contribution < 1.29 is 41.0 Å². The molecule has 1 aromatic heterocycles. The van der Waals surface area contributed by atoms with Crippen LogP contribution in [0.2, 0.25) is 0 Å². The fourth-order valence-electron chi connectivity index (χ4n) is 3.78. The Labute approximate surface area is 190 Å². The number of nitrogens with zero attached hydrogens (tertiary/aromatic N) is 2. The number of rotatable bonds is 6. The van der Waals surface area contributed by atoms with Gasteiger partial charge in [0.05, 0.1) is 19.3 Å². The van der Waals surface area contributed by atoms with Crippen LogP contribution in [0.3, 0.4) is 0 Å². The van der Waals surface area contributed by atoms with Crippen molar-refractivity contribution in [2.45, 2.75) is 31.2 Å². The molecule has 2 aromatic rings. The van der Waals surface area contributed by atoms with E-state index in [1.54, 1.807) is 6.92 Å². The molecule has 8 nitrogen and oxygen atoms in total. The number of aromatic nitrogens is 1. The number of anilines is 2. The first-order valence-electron chi connectivity index (χ1n) is 9.83. The number of benzene rings is 1. The van der Waals surface area contributed by atoms with Gasteiger partial charge in [0.25, 0.3) is 5.91 Å². The van der Waals surface area contributed by atoms with Crippen LogP contribution >= 0.6 is 0 Å². The predicted molar refractivity (Wildman–Crippen MR) is 111 cm³/mol. The number of alkyl halides is 3. The van der Waals surface area contributed by atoms with Gasteiger partial charge >= 0.3 is 6.18 Å². The Kier molecular flexibility index (Phi) is 6.69. The third kappa shape index (κ3) is 4.34. The number of nitrogens with one attached hydrogen (secondary N) is 1. The van der Waals surface area contributed by atoms with Crippen molar-refractivity contribution in [2.75, 3.05) is 31.0 Å². The SMILES string of the molecule is COc1c(N2CC(OC)(C(F)(F)F)CC2C(=O)Nc2cc(C(N)=O)ncc2C)ccc(F)c1F. The van der Waals surface area contributed by atoms with Gasteiger partial charge in [0.15, 0.2) is 17.2 Å². The summed E-state index contributed by atoms with van der Waals surface area (Å²) in [4.78, 5) is 29.4. The third-order valence-corrected chi connectivity index (χ3v) is 5.69. The third-order valence-electron chi connectivity index (χ3n) is 5.69. The molecule has 0 aliphatic carbocycles. The van der Waals surface area contributed by atoms with Crippen LogP contribution in [0.4, 0.5) is 33.3 Å². The van der Waals surface area contributed by atoms with Crippen LogP contribution in [0.15, 0.2) is 24.4 Å². The molecule has 2 amide bonds. The molecule has 2 heterocycles. The minimum absolute atomic E-state index is 0.0907. The Morgan fingerprint density at radius 1 is 1.26 bits per heavy atom. The summed E-state index contributed by atoms with van der Waals surface area (Å²) in [6.07, 6.45) is -4.49. The lowest BCUT2D eigenvalue weighted by molar-refractivity contribution is -0.261. The molecular weight excluding hydrogens is 467 g/mol. The van der Waals surface area contributed by atoms with Crippen LogP contribution in [0, 0.1) is 18.6 Å². The highest BCUT2D eigenvalue weighted by atomic mass is 19.4. The first kappa shape index (κ1) is 25.1. The molecule has 34 heavy (non-hydrogen) atoms. The van der Waals surface area contributed by atoms with E-state index in [1.807, 2.05) is 0 Å². The van der Waals surface area contributed by atoms with Gasteiger partial charge < -0.3 is 25.4 Å². The molecular formula is C21H21F5N4O4. The number of carbonyl (C=O) groups excluding carboxylic acids is 2. The van der Waals surface area contributed by atoms with Crippen LogP contribution in [0.1, 0.15) is 22.5 Å². The largest absolute Gasteiger partial charge is 0.491 e. The van der Waals surface area contributed by atoms with E-state index < -0.39 is 60.0 Å². The second kappa shape index (κ2) is 9.05. The Morgan fingerprint density at radius 2 is 1.94 bits per heavy atom. The quantitative estimate of drug-likeness (QED) is 0.606. The Morgan fingerprint density at radius 3 is 2.50 bits per heavy atom. The van der Waals surface area contributed by atoms with Gasteiger partial charge in [-0.05, 0) is 30.7 Å². The molecule has 184 valence electrons. The number of amides is 2. The zero-order valence-electron chi connectivity index (χ0n) is 18.3. The van der Waals surface area contributed by atoms with Crippen LogP contribution in [-0.4, -0.2) is 55.4 Å². The summed E-state index contributed by atoms with van der Waals surface area (Å²) in [5.41, 5.74) is 2.47. The maximum absolute atomic E-state index is 14.3. The summed E-state index contributed by atoms with van der Waals surface area (Å²) in [6.45, 7) is 0.654. The Hall–Kier alpha value is -3.48. The molecule has 3 N–H and O–H groups in total. The normalized spacial score (nSPS) is 20.4. The number of carbonyl (C=O) groups is 2. The second-order valence-electron chi connectivity index (χ2n) is 7.70. The maximum Gasteiger partial charge on any atom is 0.419 e. The lowest BCUT2D eigenvalue weighted by atomic mass is 9.99. The van der Waals surface area contributed by atoms with Crippen LogP contribution in [0.5, 0.6) is 5.75 Å². The highest BCUT2D eigenvalue weighted by Crippen LogP contribution is 2.47. The molecule has 2 unspecified atom stereocenters. The van der Waals surface area contributed by atoms with Crippen molar-refractivity contribution in [3.8, 4) is 5.75 Å². The highest BCUT2D eigenvalue weighted by Gasteiger charge is 2.63. The van der Waals surface area contributed by atoms with Crippen LogP contribution in [-0.2, 0) is 9.53 Å². The number of methoxy groups -OCH3 is 2. The van der Waals surface area contributed by atoms with Gasteiger partial charge in [0, 0.05) is 25.4 Å². The number of hydrogen-bond acceptors (Lipinski definition) is 6. The predicted octanol–water partition coefficient (Wildman–Crippen LogP) is 2.94. The molecule has 1 aliphatic heterocycles. The van der Waals surface area contributed by atoms with E-state index in [2.05, 4.69) is 10.3 Å². The number of primary amides is 1. The summed E-state index contributed by atoms with van der Waals surface area (Å²) in [5, 5.41) is 2.46. The number of hydrogen-bond donors (Lipinski definition) is 2. The standard InChI is InChI=1S/C21H21F5N4O4/c1-10-8-28-13(18(27)31)6-12(10)29-19(32)15-7-20(34-3,21(24,25)26)9-30(15)14-5-4-11(22)16(23)17(14)33-2/h4-6,8,15H,7,9H2,1-3H3,(H2,27,31)(H,28,29,32). The van der Waals surface area contributed by atoms with Crippen molar-refractivity contribution >= 4 is 23.2 Å². The minimum atomic E-state index is -4.90. The van der Waals surface area contributed by atoms with Crippen molar-refractivity contribution in [1.82, 2.24) is 4.98 Å². The highest BCUT2D eigenvalue weighted by molar-refractivity contribution is 5.99. The van der Waals surface area contributed by atoms with E-state index in [4.69, 9.17) is 15.2 Å². The molecule has 0 spiro atoms. The average molecular weight is 488 g/mol.